The van der Waals surface area contributed by atoms with E-state index in [1.807, 2.05) is 57.2 Å². The average Bonchev–Trinajstić information content (AvgIpc) is 2.72. The summed E-state index contributed by atoms with van der Waals surface area (Å²) in [6, 6.07) is 22.1. The Labute approximate surface area is 165 Å². The molecule has 0 fully saturated rings. The second-order valence-electron chi connectivity index (χ2n) is 6.74. The van der Waals surface area contributed by atoms with E-state index in [1.165, 1.54) is 0 Å². The molecule has 0 radical (unpaired) electrons. The fraction of sp³-hybridized carbons (Fsp3) is 0.167. The van der Waals surface area contributed by atoms with Gasteiger partial charge in [-0.25, -0.2) is 0 Å². The molecule has 0 saturated heterocycles. The number of aryl methyl sites for hydroxylation is 2. The minimum atomic E-state index is -0.176. The molecule has 0 spiro atoms. The molecular weight excluding hydrogens is 348 g/mol. The molecule has 4 nitrogen and oxygen atoms in total. The van der Waals surface area contributed by atoms with Gasteiger partial charge < -0.3 is 10.2 Å². The minimum Gasteiger partial charge on any atom is -0.322 e. The number of carbonyl (C=O) groups excluding carboxylic acids is 2. The summed E-state index contributed by atoms with van der Waals surface area (Å²) < 4.78 is 0. The molecule has 142 valence electrons. The molecule has 0 aliphatic carbocycles. The van der Waals surface area contributed by atoms with Gasteiger partial charge in [0.05, 0.1) is 0 Å². The van der Waals surface area contributed by atoms with E-state index in [9.17, 15) is 9.59 Å². The molecule has 0 heterocycles. The lowest BCUT2D eigenvalue weighted by Gasteiger charge is -2.23. The van der Waals surface area contributed by atoms with Crippen molar-refractivity contribution < 1.29 is 9.59 Å². The standard InChI is InChI=1S/C24H24N2O2/c1-4-26(22-16-17(2)10-11-18(22)3)24(28)20-12-14-21(15-13-20)25-23(27)19-8-6-5-7-9-19/h5-16H,4H2,1-3H3,(H,25,27). The van der Waals surface area contributed by atoms with E-state index in [0.717, 1.165) is 16.8 Å². The van der Waals surface area contributed by atoms with Crippen molar-refractivity contribution in [3.63, 3.8) is 0 Å². The van der Waals surface area contributed by atoms with Crippen molar-refractivity contribution in [3.8, 4) is 0 Å². The number of nitrogens with zero attached hydrogens (tertiary/aromatic N) is 1. The van der Waals surface area contributed by atoms with Gasteiger partial charge in [0.1, 0.15) is 0 Å². The second kappa shape index (κ2) is 8.53. The summed E-state index contributed by atoms with van der Waals surface area (Å²) in [6.07, 6.45) is 0. The highest BCUT2D eigenvalue weighted by atomic mass is 16.2. The monoisotopic (exact) mass is 372 g/mol. The highest BCUT2D eigenvalue weighted by Gasteiger charge is 2.18. The highest BCUT2D eigenvalue weighted by Crippen LogP contribution is 2.24. The van der Waals surface area contributed by atoms with Crippen molar-refractivity contribution in [2.75, 3.05) is 16.8 Å². The summed E-state index contributed by atoms with van der Waals surface area (Å²) in [6.45, 7) is 6.57. The minimum absolute atomic E-state index is 0.0582. The molecule has 0 aliphatic rings. The van der Waals surface area contributed by atoms with Gasteiger partial charge in [-0.1, -0.05) is 30.3 Å². The third-order valence-electron chi connectivity index (χ3n) is 4.64. The van der Waals surface area contributed by atoms with E-state index >= 15 is 0 Å². The molecule has 2 amide bonds. The van der Waals surface area contributed by atoms with Crippen LogP contribution in [0.2, 0.25) is 0 Å². The number of rotatable bonds is 5. The van der Waals surface area contributed by atoms with Gasteiger partial charge in [-0.15, -0.1) is 0 Å². The Morgan fingerprint density at radius 2 is 1.54 bits per heavy atom. The molecule has 3 rings (SSSR count). The smallest absolute Gasteiger partial charge is 0.258 e. The van der Waals surface area contributed by atoms with E-state index in [4.69, 9.17) is 0 Å². The van der Waals surface area contributed by atoms with E-state index in [1.54, 1.807) is 41.3 Å². The predicted octanol–water partition coefficient (Wildman–Crippen LogP) is 5.22. The molecule has 0 unspecified atom stereocenters. The van der Waals surface area contributed by atoms with Crippen LogP contribution in [-0.2, 0) is 0 Å². The lowest BCUT2D eigenvalue weighted by Crippen LogP contribution is -2.31. The molecule has 0 saturated carbocycles. The van der Waals surface area contributed by atoms with Crippen LogP contribution in [0.5, 0.6) is 0 Å². The zero-order chi connectivity index (χ0) is 20.1. The van der Waals surface area contributed by atoms with Gasteiger partial charge in [0, 0.05) is 29.0 Å². The van der Waals surface area contributed by atoms with Crippen LogP contribution in [0.25, 0.3) is 0 Å². The normalized spacial score (nSPS) is 10.4. The predicted molar refractivity (Wildman–Crippen MR) is 114 cm³/mol. The van der Waals surface area contributed by atoms with E-state index in [2.05, 4.69) is 5.32 Å². The number of benzene rings is 3. The maximum Gasteiger partial charge on any atom is 0.258 e. The SMILES string of the molecule is CCN(C(=O)c1ccc(NC(=O)c2ccccc2)cc1)c1cc(C)ccc1C. The van der Waals surface area contributed by atoms with Crippen molar-refractivity contribution >= 4 is 23.2 Å². The van der Waals surface area contributed by atoms with Crippen LogP contribution < -0.4 is 10.2 Å². The van der Waals surface area contributed by atoms with Gasteiger partial charge >= 0.3 is 0 Å². The van der Waals surface area contributed by atoms with E-state index in [-0.39, 0.29) is 11.8 Å². The van der Waals surface area contributed by atoms with Crippen LogP contribution in [-0.4, -0.2) is 18.4 Å². The molecule has 4 heteroatoms. The van der Waals surface area contributed by atoms with Gasteiger partial charge in [0.2, 0.25) is 0 Å². The van der Waals surface area contributed by atoms with Gasteiger partial charge in [-0.2, -0.15) is 0 Å². The van der Waals surface area contributed by atoms with Crippen LogP contribution in [0.1, 0.15) is 38.8 Å². The Morgan fingerprint density at radius 3 is 2.18 bits per heavy atom. The van der Waals surface area contributed by atoms with Crippen LogP contribution in [0, 0.1) is 13.8 Å². The maximum absolute atomic E-state index is 13.0. The first-order chi connectivity index (χ1) is 13.5. The van der Waals surface area contributed by atoms with Crippen LogP contribution >= 0.6 is 0 Å². The van der Waals surface area contributed by atoms with E-state index in [0.29, 0.717) is 23.4 Å². The lowest BCUT2D eigenvalue weighted by molar-refractivity contribution is 0.0987. The van der Waals surface area contributed by atoms with Crippen molar-refractivity contribution in [2.45, 2.75) is 20.8 Å². The van der Waals surface area contributed by atoms with Crippen LogP contribution in [0.4, 0.5) is 11.4 Å². The Kier molecular flexibility index (Phi) is 5.90. The second-order valence-corrected chi connectivity index (χ2v) is 6.74. The first kappa shape index (κ1) is 19.4. The largest absolute Gasteiger partial charge is 0.322 e. The molecule has 0 atom stereocenters. The molecule has 28 heavy (non-hydrogen) atoms. The lowest BCUT2D eigenvalue weighted by atomic mass is 10.1. The summed E-state index contributed by atoms with van der Waals surface area (Å²) in [4.78, 5) is 27.1. The fourth-order valence-corrected chi connectivity index (χ4v) is 3.08. The van der Waals surface area contributed by atoms with Crippen molar-refractivity contribution in [1.82, 2.24) is 0 Å². The quantitative estimate of drug-likeness (QED) is 0.667. The molecule has 3 aromatic rings. The van der Waals surface area contributed by atoms with Crippen LogP contribution in [0.15, 0.2) is 72.8 Å². The summed E-state index contributed by atoms with van der Waals surface area (Å²) in [5.41, 5.74) is 4.93. The third-order valence-corrected chi connectivity index (χ3v) is 4.64. The summed E-state index contributed by atoms with van der Waals surface area (Å²) in [5.74, 6) is -0.234. The number of amides is 2. The Bertz CT molecular complexity index is 979. The number of nitrogens with one attached hydrogen (secondary N) is 1. The number of anilines is 2. The molecule has 0 aliphatic heterocycles. The fourth-order valence-electron chi connectivity index (χ4n) is 3.08. The molecule has 1 N–H and O–H groups in total. The van der Waals surface area contributed by atoms with E-state index < -0.39 is 0 Å². The van der Waals surface area contributed by atoms with Crippen molar-refractivity contribution in [2.24, 2.45) is 0 Å². The van der Waals surface area contributed by atoms with Crippen molar-refractivity contribution in [1.29, 1.82) is 0 Å². The Morgan fingerprint density at radius 1 is 0.857 bits per heavy atom. The summed E-state index contributed by atoms with van der Waals surface area (Å²) in [5, 5.41) is 2.85. The third kappa shape index (κ3) is 4.29. The van der Waals surface area contributed by atoms with Crippen LogP contribution in [0.3, 0.4) is 0 Å². The van der Waals surface area contributed by atoms with Gasteiger partial charge in [-0.3, -0.25) is 9.59 Å². The first-order valence-electron chi connectivity index (χ1n) is 9.35. The Balaban J connectivity index is 1.77. The molecular formula is C24H24N2O2. The van der Waals surface area contributed by atoms with Crippen molar-refractivity contribution in [3.05, 3.63) is 95.1 Å². The number of carbonyl (C=O) groups is 2. The van der Waals surface area contributed by atoms with Gasteiger partial charge in [-0.05, 0) is 74.4 Å². The van der Waals surface area contributed by atoms with Gasteiger partial charge in [0.25, 0.3) is 11.8 Å². The molecule has 3 aromatic carbocycles. The molecule has 0 bridgehead atoms. The topological polar surface area (TPSA) is 49.4 Å². The molecule has 0 aromatic heterocycles. The Hall–Kier alpha value is -3.40. The summed E-state index contributed by atoms with van der Waals surface area (Å²) in [7, 11) is 0. The van der Waals surface area contributed by atoms with Gasteiger partial charge in [0.15, 0.2) is 0 Å². The zero-order valence-electron chi connectivity index (χ0n) is 16.4. The highest BCUT2D eigenvalue weighted by molar-refractivity contribution is 6.07. The zero-order valence-corrected chi connectivity index (χ0v) is 16.4. The number of hydrogen-bond donors (Lipinski definition) is 1. The number of hydrogen-bond acceptors (Lipinski definition) is 2. The first-order valence-corrected chi connectivity index (χ1v) is 9.35. The maximum atomic E-state index is 13.0. The average molecular weight is 372 g/mol. The summed E-state index contributed by atoms with van der Waals surface area (Å²) >= 11 is 0.